The maximum absolute atomic E-state index is 12.1. The molecule has 0 aliphatic heterocycles. The van der Waals surface area contributed by atoms with E-state index in [1.54, 1.807) is 12.4 Å². The van der Waals surface area contributed by atoms with Gasteiger partial charge in [0.1, 0.15) is 0 Å². The molecule has 100 valence electrons. The maximum Gasteiger partial charge on any atom is 0.293 e. The SMILES string of the molecule is CSCCCCCNc1nccn(C2CC2)c1=O. The van der Waals surface area contributed by atoms with Crippen LogP contribution in [0.5, 0.6) is 0 Å². The van der Waals surface area contributed by atoms with E-state index in [2.05, 4.69) is 16.6 Å². The molecular formula is C13H21N3OS. The van der Waals surface area contributed by atoms with Gasteiger partial charge in [-0.2, -0.15) is 11.8 Å². The molecule has 2 rings (SSSR count). The molecule has 1 aliphatic carbocycles. The summed E-state index contributed by atoms with van der Waals surface area (Å²) in [6.07, 6.45) is 11.4. The zero-order valence-electron chi connectivity index (χ0n) is 10.9. The number of hydrogen-bond acceptors (Lipinski definition) is 4. The van der Waals surface area contributed by atoms with Crippen LogP contribution < -0.4 is 10.9 Å². The quantitative estimate of drug-likeness (QED) is 0.735. The molecule has 1 fully saturated rings. The van der Waals surface area contributed by atoms with Crippen molar-refractivity contribution in [1.82, 2.24) is 9.55 Å². The predicted octanol–water partition coefficient (Wildman–Crippen LogP) is 2.52. The molecule has 0 atom stereocenters. The highest BCUT2D eigenvalue weighted by Gasteiger charge is 2.25. The number of aromatic nitrogens is 2. The molecule has 1 aromatic rings. The molecule has 0 saturated heterocycles. The molecule has 4 nitrogen and oxygen atoms in total. The number of nitrogens with one attached hydrogen (secondary N) is 1. The van der Waals surface area contributed by atoms with Gasteiger partial charge in [0.25, 0.3) is 5.56 Å². The van der Waals surface area contributed by atoms with Crippen molar-refractivity contribution in [3.05, 3.63) is 22.7 Å². The molecule has 0 bridgehead atoms. The van der Waals surface area contributed by atoms with E-state index < -0.39 is 0 Å². The third-order valence-electron chi connectivity index (χ3n) is 3.13. The Labute approximate surface area is 112 Å². The van der Waals surface area contributed by atoms with Crippen LogP contribution in [-0.4, -0.2) is 28.1 Å². The third-order valence-corrected chi connectivity index (χ3v) is 3.82. The molecule has 0 unspecified atom stereocenters. The lowest BCUT2D eigenvalue weighted by atomic mass is 10.2. The molecular weight excluding hydrogens is 246 g/mol. The molecule has 18 heavy (non-hydrogen) atoms. The molecule has 1 saturated carbocycles. The molecule has 0 spiro atoms. The minimum absolute atomic E-state index is 0.0316. The Hall–Kier alpha value is -0.970. The van der Waals surface area contributed by atoms with Crippen molar-refractivity contribution >= 4 is 17.6 Å². The summed E-state index contributed by atoms with van der Waals surface area (Å²) in [5.74, 6) is 1.73. The molecule has 0 aromatic carbocycles. The van der Waals surface area contributed by atoms with E-state index in [0.717, 1.165) is 25.8 Å². The molecule has 5 heteroatoms. The fraction of sp³-hybridized carbons (Fsp3) is 0.692. The Morgan fingerprint density at radius 3 is 3.00 bits per heavy atom. The van der Waals surface area contributed by atoms with Gasteiger partial charge in [-0.3, -0.25) is 4.79 Å². The fourth-order valence-electron chi connectivity index (χ4n) is 1.94. The van der Waals surface area contributed by atoms with Crippen LogP contribution >= 0.6 is 11.8 Å². The van der Waals surface area contributed by atoms with Gasteiger partial charge < -0.3 is 9.88 Å². The monoisotopic (exact) mass is 267 g/mol. The molecule has 1 aliphatic rings. The minimum atomic E-state index is 0.0316. The number of nitrogens with zero attached hydrogens (tertiary/aromatic N) is 2. The summed E-state index contributed by atoms with van der Waals surface area (Å²) in [6, 6.07) is 0.419. The normalized spacial score (nSPS) is 14.7. The standard InChI is InChI=1S/C13H21N3OS/c1-18-10-4-2-3-7-14-12-13(17)16(9-8-15-12)11-5-6-11/h8-9,11H,2-7,10H2,1H3,(H,14,15). The van der Waals surface area contributed by atoms with E-state index in [-0.39, 0.29) is 5.56 Å². The fourth-order valence-corrected chi connectivity index (χ4v) is 2.43. The predicted molar refractivity (Wildman–Crippen MR) is 77.5 cm³/mol. The summed E-state index contributed by atoms with van der Waals surface area (Å²) in [4.78, 5) is 16.2. The average Bonchev–Trinajstić information content (AvgIpc) is 3.20. The van der Waals surface area contributed by atoms with Gasteiger partial charge in [0, 0.05) is 25.0 Å². The second-order valence-corrected chi connectivity index (χ2v) is 5.69. The number of unbranched alkanes of at least 4 members (excludes halogenated alkanes) is 2. The van der Waals surface area contributed by atoms with Crippen LogP contribution in [0.25, 0.3) is 0 Å². The van der Waals surface area contributed by atoms with Crippen molar-refractivity contribution < 1.29 is 0 Å². The highest BCUT2D eigenvalue weighted by Crippen LogP contribution is 2.33. The van der Waals surface area contributed by atoms with Crippen molar-refractivity contribution in [1.29, 1.82) is 0 Å². The van der Waals surface area contributed by atoms with Crippen LogP contribution in [0.3, 0.4) is 0 Å². The van der Waals surface area contributed by atoms with Crippen molar-refractivity contribution in [3.63, 3.8) is 0 Å². The maximum atomic E-state index is 12.1. The van der Waals surface area contributed by atoms with Crippen molar-refractivity contribution in [3.8, 4) is 0 Å². The van der Waals surface area contributed by atoms with E-state index in [9.17, 15) is 4.79 Å². The second-order valence-electron chi connectivity index (χ2n) is 4.70. The number of thioether (sulfide) groups is 1. The molecule has 0 amide bonds. The zero-order chi connectivity index (χ0) is 12.8. The van der Waals surface area contributed by atoms with Crippen LogP contribution in [0.15, 0.2) is 17.2 Å². The van der Waals surface area contributed by atoms with Crippen LogP contribution in [0.4, 0.5) is 5.82 Å². The summed E-state index contributed by atoms with van der Waals surface area (Å²) in [5, 5.41) is 3.16. The number of anilines is 1. The highest BCUT2D eigenvalue weighted by molar-refractivity contribution is 7.98. The molecule has 0 radical (unpaired) electrons. The van der Waals surface area contributed by atoms with Crippen LogP contribution in [-0.2, 0) is 0 Å². The summed E-state index contributed by atoms with van der Waals surface area (Å²) >= 11 is 1.88. The van der Waals surface area contributed by atoms with Crippen molar-refractivity contribution in [2.75, 3.05) is 23.9 Å². The van der Waals surface area contributed by atoms with Gasteiger partial charge in [-0.15, -0.1) is 0 Å². The first-order valence-corrected chi connectivity index (χ1v) is 8.02. The first-order valence-electron chi connectivity index (χ1n) is 6.63. The van der Waals surface area contributed by atoms with Crippen LogP contribution in [0.2, 0.25) is 0 Å². The van der Waals surface area contributed by atoms with Gasteiger partial charge in [-0.05, 0) is 37.7 Å². The topological polar surface area (TPSA) is 46.9 Å². The largest absolute Gasteiger partial charge is 0.365 e. The van der Waals surface area contributed by atoms with Crippen LogP contribution in [0, 0.1) is 0 Å². The van der Waals surface area contributed by atoms with Crippen molar-refractivity contribution in [2.24, 2.45) is 0 Å². The third kappa shape index (κ3) is 3.77. The summed E-state index contributed by atoms with van der Waals surface area (Å²) in [5.41, 5.74) is 0.0316. The Kier molecular flexibility index (Phi) is 5.11. The lowest BCUT2D eigenvalue weighted by Gasteiger charge is -2.07. The lowest BCUT2D eigenvalue weighted by molar-refractivity contribution is 0.695. The Bertz CT molecular complexity index is 428. The van der Waals surface area contributed by atoms with Crippen LogP contribution in [0.1, 0.15) is 38.1 Å². The lowest BCUT2D eigenvalue weighted by Crippen LogP contribution is -2.24. The first-order chi connectivity index (χ1) is 8.83. The van der Waals surface area contributed by atoms with Gasteiger partial charge in [-0.1, -0.05) is 6.42 Å². The number of hydrogen-bond donors (Lipinski definition) is 1. The molecule has 1 heterocycles. The van der Waals surface area contributed by atoms with E-state index in [4.69, 9.17) is 0 Å². The van der Waals surface area contributed by atoms with E-state index >= 15 is 0 Å². The molecule has 1 aromatic heterocycles. The number of rotatable bonds is 8. The highest BCUT2D eigenvalue weighted by atomic mass is 32.2. The van der Waals surface area contributed by atoms with Gasteiger partial charge >= 0.3 is 0 Å². The Morgan fingerprint density at radius 2 is 2.28 bits per heavy atom. The van der Waals surface area contributed by atoms with Gasteiger partial charge in [-0.25, -0.2) is 4.98 Å². The zero-order valence-corrected chi connectivity index (χ0v) is 11.7. The summed E-state index contributed by atoms with van der Waals surface area (Å²) < 4.78 is 1.81. The van der Waals surface area contributed by atoms with Crippen molar-refractivity contribution in [2.45, 2.75) is 38.1 Å². The second kappa shape index (κ2) is 6.83. The first kappa shape index (κ1) is 13.5. The van der Waals surface area contributed by atoms with Gasteiger partial charge in [0.2, 0.25) is 0 Å². The summed E-state index contributed by atoms with van der Waals surface area (Å²) in [7, 11) is 0. The van der Waals surface area contributed by atoms with E-state index in [0.29, 0.717) is 11.9 Å². The van der Waals surface area contributed by atoms with E-state index in [1.165, 1.54) is 18.6 Å². The Morgan fingerprint density at radius 1 is 1.44 bits per heavy atom. The average molecular weight is 267 g/mol. The van der Waals surface area contributed by atoms with Gasteiger partial charge in [0.05, 0.1) is 0 Å². The smallest absolute Gasteiger partial charge is 0.293 e. The van der Waals surface area contributed by atoms with Gasteiger partial charge in [0.15, 0.2) is 5.82 Å². The summed E-state index contributed by atoms with van der Waals surface area (Å²) in [6.45, 7) is 0.839. The molecule has 1 N–H and O–H groups in total. The van der Waals surface area contributed by atoms with E-state index in [1.807, 2.05) is 16.3 Å². The Balaban J connectivity index is 1.79. The minimum Gasteiger partial charge on any atom is -0.365 e.